The maximum absolute atomic E-state index is 14.4. The van der Waals surface area contributed by atoms with Gasteiger partial charge < -0.3 is 10.2 Å². The zero-order valence-corrected chi connectivity index (χ0v) is 25.4. The van der Waals surface area contributed by atoms with Crippen molar-refractivity contribution >= 4 is 27.5 Å². The van der Waals surface area contributed by atoms with E-state index >= 15 is 0 Å². The van der Waals surface area contributed by atoms with Crippen molar-refractivity contribution in [2.75, 3.05) is 17.4 Å². The second-order valence-corrected chi connectivity index (χ2v) is 12.2. The van der Waals surface area contributed by atoms with Crippen molar-refractivity contribution in [1.29, 1.82) is 0 Å². The number of sulfonamides is 1. The molecule has 0 aliphatic carbocycles. The van der Waals surface area contributed by atoms with Gasteiger partial charge in [0.15, 0.2) is 0 Å². The largest absolute Gasteiger partial charge is 0.355 e. The molecular weight excluding hydrogens is 565 g/mol. The van der Waals surface area contributed by atoms with Crippen LogP contribution in [0.15, 0.2) is 108 Å². The Hall–Kier alpha value is -4.50. The van der Waals surface area contributed by atoms with Crippen LogP contribution in [0.3, 0.4) is 0 Å². The third-order valence-corrected chi connectivity index (χ3v) is 8.91. The number of nitrogens with zero attached hydrogens (tertiary/aromatic N) is 2. The van der Waals surface area contributed by atoms with Crippen LogP contribution < -0.4 is 9.62 Å². The molecule has 1 N–H and O–H groups in total. The van der Waals surface area contributed by atoms with E-state index in [2.05, 4.69) is 5.32 Å². The van der Waals surface area contributed by atoms with Crippen LogP contribution in [0.2, 0.25) is 0 Å². The number of hydrogen-bond donors (Lipinski definition) is 1. The van der Waals surface area contributed by atoms with Gasteiger partial charge in [0.1, 0.15) is 18.4 Å². The third kappa shape index (κ3) is 7.87. The van der Waals surface area contributed by atoms with Gasteiger partial charge in [0.2, 0.25) is 11.8 Å². The van der Waals surface area contributed by atoms with Gasteiger partial charge >= 0.3 is 0 Å². The molecule has 0 aliphatic rings. The Morgan fingerprint density at radius 3 is 2.09 bits per heavy atom. The summed E-state index contributed by atoms with van der Waals surface area (Å²) in [4.78, 5) is 29.3. The van der Waals surface area contributed by atoms with Crippen LogP contribution in [0.5, 0.6) is 0 Å². The van der Waals surface area contributed by atoms with Crippen LogP contribution in [0.25, 0.3) is 0 Å². The maximum atomic E-state index is 14.4. The first-order valence-corrected chi connectivity index (χ1v) is 15.5. The fourth-order valence-electron chi connectivity index (χ4n) is 4.85. The molecule has 0 spiro atoms. The number of anilines is 1. The molecule has 4 aromatic rings. The Bertz CT molecular complexity index is 1650. The van der Waals surface area contributed by atoms with Gasteiger partial charge in [0.25, 0.3) is 10.0 Å². The number of likely N-dealkylation sites (N-methyl/N-ethyl adjacent to an activating group) is 1. The topological polar surface area (TPSA) is 86.8 Å². The zero-order chi connectivity index (χ0) is 31.0. The van der Waals surface area contributed by atoms with Crippen molar-refractivity contribution in [2.45, 2.75) is 44.7 Å². The molecule has 2 amide bonds. The number of halogens is 1. The molecule has 0 aliphatic heterocycles. The average molecular weight is 602 g/mol. The fraction of sp³-hybridized carbons (Fsp3) is 0.235. The number of rotatable bonds is 12. The number of hydrogen-bond acceptors (Lipinski definition) is 4. The van der Waals surface area contributed by atoms with Gasteiger partial charge in [0.05, 0.1) is 10.6 Å². The number of aryl methyl sites for hydroxylation is 2. The summed E-state index contributed by atoms with van der Waals surface area (Å²) < 4.78 is 43.0. The van der Waals surface area contributed by atoms with Crippen molar-refractivity contribution in [2.24, 2.45) is 0 Å². The first-order chi connectivity index (χ1) is 20.6. The van der Waals surface area contributed by atoms with Crippen LogP contribution in [0.4, 0.5) is 10.1 Å². The number of carbonyl (C=O) groups excluding carboxylic acids is 2. The molecule has 4 rings (SSSR count). The van der Waals surface area contributed by atoms with Crippen LogP contribution in [0.1, 0.15) is 29.2 Å². The molecule has 4 aromatic carbocycles. The molecule has 0 saturated heterocycles. The number of amides is 2. The van der Waals surface area contributed by atoms with Gasteiger partial charge in [-0.3, -0.25) is 13.9 Å². The lowest BCUT2D eigenvalue weighted by molar-refractivity contribution is -0.140. The highest BCUT2D eigenvalue weighted by molar-refractivity contribution is 7.92. The van der Waals surface area contributed by atoms with Crippen molar-refractivity contribution in [3.8, 4) is 0 Å². The summed E-state index contributed by atoms with van der Waals surface area (Å²) in [5.41, 5.74) is 3.30. The third-order valence-electron chi connectivity index (χ3n) is 7.13. The predicted octanol–water partition coefficient (Wildman–Crippen LogP) is 5.41. The first kappa shape index (κ1) is 31.4. The van der Waals surface area contributed by atoms with Crippen molar-refractivity contribution < 1.29 is 22.4 Å². The molecule has 0 heterocycles. The van der Waals surface area contributed by atoms with Crippen LogP contribution in [-0.4, -0.2) is 44.3 Å². The van der Waals surface area contributed by atoms with E-state index in [1.54, 1.807) is 50.2 Å². The number of benzene rings is 4. The first-order valence-electron chi connectivity index (χ1n) is 14.1. The molecule has 0 bridgehead atoms. The zero-order valence-electron chi connectivity index (χ0n) is 24.5. The minimum Gasteiger partial charge on any atom is -0.355 e. The summed E-state index contributed by atoms with van der Waals surface area (Å²) in [6, 6.07) is 27.4. The summed E-state index contributed by atoms with van der Waals surface area (Å²) in [6.07, 6.45) is 0.203. The molecule has 7 nitrogen and oxygen atoms in total. The molecule has 43 heavy (non-hydrogen) atoms. The van der Waals surface area contributed by atoms with Gasteiger partial charge in [-0.15, -0.1) is 0 Å². The molecule has 0 fully saturated rings. The Morgan fingerprint density at radius 2 is 1.47 bits per heavy atom. The van der Waals surface area contributed by atoms with Crippen molar-refractivity contribution in [3.63, 3.8) is 0 Å². The Kier molecular flexibility index (Phi) is 10.3. The summed E-state index contributed by atoms with van der Waals surface area (Å²) in [5, 5.41) is 2.83. The molecule has 0 aromatic heterocycles. The second-order valence-electron chi connectivity index (χ2n) is 10.4. The van der Waals surface area contributed by atoms with E-state index < -0.39 is 34.3 Å². The normalized spacial score (nSPS) is 11.9. The lowest BCUT2D eigenvalue weighted by atomic mass is 10.0. The second kappa shape index (κ2) is 14.1. The molecule has 0 saturated carbocycles. The summed E-state index contributed by atoms with van der Waals surface area (Å²) in [6.45, 7) is 5.20. The van der Waals surface area contributed by atoms with E-state index in [0.29, 0.717) is 23.4 Å². The Labute approximate surface area is 253 Å². The average Bonchev–Trinajstić information content (AvgIpc) is 3.01. The lowest BCUT2D eigenvalue weighted by Crippen LogP contribution is -2.53. The Balaban J connectivity index is 1.81. The standard InChI is InChI=1S/C34H36FN3O4S/c1-4-36-34(40)32(22-27-11-7-5-8-12-27)37(23-28-17-19-29(35)20-18-28)33(39)24-38(31-21-25(2)15-16-26(31)3)43(41,42)30-13-9-6-10-14-30/h5-21,32H,4,22-24H2,1-3H3,(H,36,40). The fourth-order valence-corrected chi connectivity index (χ4v) is 6.35. The lowest BCUT2D eigenvalue weighted by Gasteiger charge is -2.34. The van der Waals surface area contributed by atoms with E-state index in [0.717, 1.165) is 15.4 Å². The summed E-state index contributed by atoms with van der Waals surface area (Å²) >= 11 is 0. The van der Waals surface area contributed by atoms with Gasteiger partial charge in [0, 0.05) is 19.5 Å². The summed E-state index contributed by atoms with van der Waals surface area (Å²) in [7, 11) is -4.18. The highest BCUT2D eigenvalue weighted by Gasteiger charge is 2.35. The smallest absolute Gasteiger partial charge is 0.264 e. The molecule has 1 atom stereocenters. The Morgan fingerprint density at radius 1 is 0.837 bits per heavy atom. The van der Waals surface area contributed by atoms with E-state index in [9.17, 15) is 22.4 Å². The van der Waals surface area contributed by atoms with Crippen LogP contribution in [0, 0.1) is 19.7 Å². The molecule has 224 valence electrons. The minimum absolute atomic E-state index is 0.0280. The van der Waals surface area contributed by atoms with Gasteiger partial charge in [-0.2, -0.15) is 0 Å². The predicted molar refractivity (Wildman–Crippen MR) is 166 cm³/mol. The minimum atomic E-state index is -4.18. The van der Waals surface area contributed by atoms with Crippen LogP contribution in [-0.2, 0) is 32.6 Å². The molecular formula is C34H36FN3O4S. The van der Waals surface area contributed by atoms with Crippen LogP contribution >= 0.6 is 0 Å². The maximum Gasteiger partial charge on any atom is 0.264 e. The summed E-state index contributed by atoms with van der Waals surface area (Å²) in [5.74, 6) is -1.37. The van der Waals surface area contributed by atoms with E-state index in [1.807, 2.05) is 49.4 Å². The highest BCUT2D eigenvalue weighted by atomic mass is 32.2. The SMILES string of the molecule is CCNC(=O)C(Cc1ccccc1)N(Cc1ccc(F)cc1)C(=O)CN(c1cc(C)ccc1C)S(=O)(=O)c1ccccc1. The molecule has 9 heteroatoms. The van der Waals surface area contributed by atoms with Gasteiger partial charge in [-0.05, 0) is 73.4 Å². The van der Waals surface area contributed by atoms with E-state index in [1.165, 1.54) is 29.2 Å². The number of carbonyl (C=O) groups is 2. The van der Waals surface area contributed by atoms with Gasteiger partial charge in [-0.1, -0.05) is 72.8 Å². The van der Waals surface area contributed by atoms with Gasteiger partial charge in [-0.25, -0.2) is 12.8 Å². The quantitative estimate of drug-likeness (QED) is 0.235. The monoisotopic (exact) mass is 601 g/mol. The molecule has 1 unspecified atom stereocenters. The van der Waals surface area contributed by atoms with E-state index in [-0.39, 0.29) is 23.8 Å². The number of nitrogens with one attached hydrogen (secondary N) is 1. The van der Waals surface area contributed by atoms with Crippen molar-refractivity contribution in [1.82, 2.24) is 10.2 Å². The highest BCUT2D eigenvalue weighted by Crippen LogP contribution is 2.28. The molecule has 0 radical (unpaired) electrons. The van der Waals surface area contributed by atoms with E-state index in [4.69, 9.17) is 0 Å². The van der Waals surface area contributed by atoms with Crippen molar-refractivity contribution in [3.05, 3.63) is 131 Å².